The van der Waals surface area contributed by atoms with Crippen LogP contribution in [0.2, 0.25) is 0 Å². The first-order chi connectivity index (χ1) is 9.79. The van der Waals surface area contributed by atoms with E-state index in [1.54, 1.807) is 7.11 Å². The minimum atomic E-state index is 0.0120. The summed E-state index contributed by atoms with van der Waals surface area (Å²) in [5.74, 6) is 0.224. The number of carbonyl (C=O) groups excluding carboxylic acids is 1. The standard InChI is InChI=1S/C16H22N2O2/c1-20-11-9-12-4-2-3-5-15(12)18-10-8-14(16(18)19)17-13-6-7-13/h2-5,13-14,17H,6-11H2,1H3. The predicted octanol–water partition coefficient (Wildman–Crippen LogP) is 1.73. The Morgan fingerprint density at radius 2 is 2.10 bits per heavy atom. The van der Waals surface area contributed by atoms with Gasteiger partial charge in [0.2, 0.25) is 5.91 Å². The molecule has 1 unspecified atom stereocenters. The van der Waals surface area contributed by atoms with Crippen LogP contribution in [0.25, 0.3) is 0 Å². The van der Waals surface area contributed by atoms with E-state index in [0.29, 0.717) is 12.6 Å². The van der Waals surface area contributed by atoms with Crippen LogP contribution in [0.1, 0.15) is 24.8 Å². The highest BCUT2D eigenvalue weighted by molar-refractivity contribution is 6.00. The minimum Gasteiger partial charge on any atom is -0.384 e. The Hall–Kier alpha value is -1.39. The summed E-state index contributed by atoms with van der Waals surface area (Å²) in [7, 11) is 1.71. The molecule has 20 heavy (non-hydrogen) atoms. The van der Waals surface area contributed by atoms with E-state index in [1.807, 2.05) is 23.1 Å². The van der Waals surface area contributed by atoms with Crippen molar-refractivity contribution in [1.82, 2.24) is 5.32 Å². The molecule has 1 saturated heterocycles. The maximum atomic E-state index is 12.5. The summed E-state index contributed by atoms with van der Waals surface area (Å²) in [4.78, 5) is 14.5. The number of nitrogens with zero attached hydrogens (tertiary/aromatic N) is 1. The van der Waals surface area contributed by atoms with E-state index in [1.165, 1.54) is 18.4 Å². The summed E-state index contributed by atoms with van der Waals surface area (Å²) >= 11 is 0. The zero-order valence-electron chi connectivity index (χ0n) is 12.0. The molecule has 4 nitrogen and oxygen atoms in total. The lowest BCUT2D eigenvalue weighted by Gasteiger charge is -2.20. The number of anilines is 1. The summed E-state index contributed by atoms with van der Waals surface area (Å²) < 4.78 is 5.16. The van der Waals surface area contributed by atoms with Gasteiger partial charge in [-0.2, -0.15) is 0 Å². The molecular formula is C16H22N2O2. The first-order valence-electron chi connectivity index (χ1n) is 7.44. The summed E-state index contributed by atoms with van der Waals surface area (Å²) in [5.41, 5.74) is 2.24. The fourth-order valence-corrected chi connectivity index (χ4v) is 2.81. The SMILES string of the molecule is COCCc1ccccc1N1CCC(NC2CC2)C1=O. The van der Waals surface area contributed by atoms with E-state index < -0.39 is 0 Å². The van der Waals surface area contributed by atoms with Crippen LogP contribution in [0.5, 0.6) is 0 Å². The van der Waals surface area contributed by atoms with Crippen LogP contribution >= 0.6 is 0 Å². The largest absolute Gasteiger partial charge is 0.384 e. The Labute approximate surface area is 120 Å². The number of para-hydroxylation sites is 1. The number of benzene rings is 1. The molecule has 1 aliphatic heterocycles. The van der Waals surface area contributed by atoms with E-state index in [9.17, 15) is 4.79 Å². The molecule has 4 heteroatoms. The van der Waals surface area contributed by atoms with Gasteiger partial charge in [0, 0.05) is 25.4 Å². The molecular weight excluding hydrogens is 252 g/mol. The highest BCUT2D eigenvalue weighted by atomic mass is 16.5. The van der Waals surface area contributed by atoms with Gasteiger partial charge in [0.25, 0.3) is 0 Å². The third kappa shape index (κ3) is 2.86. The Morgan fingerprint density at radius 3 is 2.85 bits per heavy atom. The van der Waals surface area contributed by atoms with Crippen molar-refractivity contribution < 1.29 is 9.53 Å². The average Bonchev–Trinajstić information content (AvgIpc) is 3.22. The molecule has 1 aromatic carbocycles. The third-order valence-corrected chi connectivity index (χ3v) is 4.08. The minimum absolute atomic E-state index is 0.0120. The molecule has 0 radical (unpaired) electrons. The van der Waals surface area contributed by atoms with Crippen LogP contribution in [0, 0.1) is 0 Å². The molecule has 0 spiro atoms. The first-order valence-corrected chi connectivity index (χ1v) is 7.44. The molecule has 1 atom stereocenters. The Bertz CT molecular complexity index is 485. The van der Waals surface area contributed by atoms with Crippen molar-refractivity contribution in [3.63, 3.8) is 0 Å². The molecule has 2 fully saturated rings. The van der Waals surface area contributed by atoms with Crippen molar-refractivity contribution in [3.8, 4) is 0 Å². The second-order valence-electron chi connectivity index (χ2n) is 5.64. The van der Waals surface area contributed by atoms with Gasteiger partial charge >= 0.3 is 0 Å². The summed E-state index contributed by atoms with van der Waals surface area (Å²) in [6.45, 7) is 1.50. The lowest BCUT2D eigenvalue weighted by atomic mass is 10.1. The Balaban J connectivity index is 1.73. The Kier molecular flexibility index (Phi) is 4.03. The smallest absolute Gasteiger partial charge is 0.244 e. The molecule has 1 heterocycles. The van der Waals surface area contributed by atoms with Gasteiger partial charge in [-0.1, -0.05) is 18.2 Å². The van der Waals surface area contributed by atoms with Crippen LogP contribution in [-0.4, -0.2) is 38.3 Å². The van der Waals surface area contributed by atoms with E-state index >= 15 is 0 Å². The molecule has 0 bridgehead atoms. The molecule has 1 saturated carbocycles. The molecule has 108 valence electrons. The first kappa shape index (κ1) is 13.6. The van der Waals surface area contributed by atoms with Crippen LogP contribution in [0.15, 0.2) is 24.3 Å². The monoisotopic (exact) mass is 274 g/mol. The normalized spacial score (nSPS) is 22.6. The van der Waals surface area contributed by atoms with Crippen LogP contribution in [0.3, 0.4) is 0 Å². The van der Waals surface area contributed by atoms with Crippen LogP contribution < -0.4 is 10.2 Å². The van der Waals surface area contributed by atoms with Gasteiger partial charge in [-0.05, 0) is 37.3 Å². The third-order valence-electron chi connectivity index (χ3n) is 4.08. The van der Waals surface area contributed by atoms with E-state index in [2.05, 4.69) is 11.4 Å². The molecule has 1 aliphatic carbocycles. The average molecular weight is 274 g/mol. The molecule has 3 rings (SSSR count). The highest BCUT2D eigenvalue weighted by Gasteiger charge is 2.36. The van der Waals surface area contributed by atoms with Crippen molar-refractivity contribution in [1.29, 1.82) is 0 Å². The second-order valence-corrected chi connectivity index (χ2v) is 5.64. The summed E-state index contributed by atoms with van der Waals surface area (Å²) in [6, 6.07) is 8.74. The lowest BCUT2D eigenvalue weighted by Crippen LogP contribution is -2.39. The fraction of sp³-hybridized carbons (Fsp3) is 0.562. The van der Waals surface area contributed by atoms with Crippen molar-refractivity contribution >= 4 is 11.6 Å². The maximum absolute atomic E-state index is 12.5. The molecule has 1 amide bonds. The predicted molar refractivity (Wildman–Crippen MR) is 78.9 cm³/mol. The maximum Gasteiger partial charge on any atom is 0.244 e. The van der Waals surface area contributed by atoms with E-state index in [4.69, 9.17) is 4.74 Å². The number of methoxy groups -OCH3 is 1. The van der Waals surface area contributed by atoms with Crippen LogP contribution in [-0.2, 0) is 16.0 Å². The van der Waals surface area contributed by atoms with E-state index in [0.717, 1.165) is 25.1 Å². The van der Waals surface area contributed by atoms with Gasteiger partial charge < -0.3 is 15.0 Å². The van der Waals surface area contributed by atoms with Crippen molar-refractivity contribution in [2.45, 2.75) is 37.8 Å². The van der Waals surface area contributed by atoms with Gasteiger partial charge in [0.15, 0.2) is 0 Å². The van der Waals surface area contributed by atoms with E-state index in [-0.39, 0.29) is 11.9 Å². The number of carbonyl (C=O) groups is 1. The lowest BCUT2D eigenvalue weighted by molar-refractivity contribution is -0.118. The van der Waals surface area contributed by atoms with Crippen molar-refractivity contribution in [3.05, 3.63) is 29.8 Å². The zero-order chi connectivity index (χ0) is 13.9. The van der Waals surface area contributed by atoms with Gasteiger partial charge in [0.1, 0.15) is 0 Å². The summed E-state index contributed by atoms with van der Waals surface area (Å²) in [5, 5.41) is 3.45. The number of nitrogens with one attached hydrogen (secondary N) is 1. The number of hydrogen-bond donors (Lipinski definition) is 1. The molecule has 2 aliphatic rings. The van der Waals surface area contributed by atoms with Crippen LogP contribution in [0.4, 0.5) is 5.69 Å². The Morgan fingerprint density at radius 1 is 1.30 bits per heavy atom. The van der Waals surface area contributed by atoms with Gasteiger partial charge in [0.05, 0.1) is 12.6 Å². The second kappa shape index (κ2) is 5.94. The van der Waals surface area contributed by atoms with Gasteiger partial charge in [-0.15, -0.1) is 0 Å². The number of rotatable bonds is 6. The quantitative estimate of drug-likeness (QED) is 0.859. The molecule has 1 aromatic rings. The van der Waals surface area contributed by atoms with Crippen molar-refractivity contribution in [2.75, 3.05) is 25.2 Å². The summed E-state index contributed by atoms with van der Waals surface area (Å²) in [6.07, 6.45) is 4.19. The van der Waals surface area contributed by atoms with Gasteiger partial charge in [-0.3, -0.25) is 4.79 Å². The number of hydrogen-bond acceptors (Lipinski definition) is 3. The fourth-order valence-electron chi connectivity index (χ4n) is 2.81. The zero-order valence-corrected chi connectivity index (χ0v) is 12.0. The topological polar surface area (TPSA) is 41.6 Å². The van der Waals surface area contributed by atoms with Gasteiger partial charge in [-0.25, -0.2) is 0 Å². The number of ether oxygens (including phenoxy) is 1. The number of amides is 1. The highest BCUT2D eigenvalue weighted by Crippen LogP contribution is 2.28. The van der Waals surface area contributed by atoms with Crippen molar-refractivity contribution in [2.24, 2.45) is 0 Å². The molecule has 1 N–H and O–H groups in total. The molecule has 0 aromatic heterocycles.